The maximum Gasteiger partial charge on any atom is 0.250 e. The molecule has 2 aromatic heterocycles. The summed E-state index contributed by atoms with van der Waals surface area (Å²) in [5, 5.41) is 13.4. The number of nitrogens with two attached hydrogens (primary N) is 1. The highest BCUT2D eigenvalue weighted by atomic mass is 16.5. The number of carbonyl (C=O) groups excluding carboxylic acids is 1. The Labute approximate surface area is 255 Å². The van der Waals surface area contributed by atoms with Gasteiger partial charge in [-0.3, -0.25) is 15.1 Å². The van der Waals surface area contributed by atoms with E-state index in [4.69, 9.17) is 25.4 Å². The number of fused-ring (bicyclic) bond motifs is 1. The van der Waals surface area contributed by atoms with E-state index in [1.807, 2.05) is 54.0 Å². The van der Waals surface area contributed by atoms with Crippen LogP contribution < -0.4 is 25.4 Å². The molecule has 0 bridgehead atoms. The fraction of sp³-hybridized carbons (Fsp3) is 0.344. The molecule has 226 valence electrons. The molecular formula is C32H35N9O3. The number of imidazole rings is 1. The number of benzene rings is 2. The van der Waals surface area contributed by atoms with Gasteiger partial charge in [0.15, 0.2) is 11.5 Å². The Morgan fingerprint density at radius 3 is 2.80 bits per heavy atom. The monoisotopic (exact) mass is 593 g/mol. The van der Waals surface area contributed by atoms with E-state index in [0.717, 1.165) is 72.2 Å². The van der Waals surface area contributed by atoms with E-state index in [2.05, 4.69) is 24.4 Å². The number of primary amides is 1. The van der Waals surface area contributed by atoms with Crippen molar-refractivity contribution in [3.05, 3.63) is 84.1 Å². The number of aromatic nitrogens is 5. The lowest BCUT2D eigenvalue weighted by atomic mass is 9.95. The minimum absolute atomic E-state index is 0.419. The summed E-state index contributed by atoms with van der Waals surface area (Å²) in [5.41, 5.74) is 8.85. The molecule has 1 amide bonds. The van der Waals surface area contributed by atoms with Crippen LogP contribution in [0.15, 0.2) is 66.3 Å². The number of ether oxygens (including phenoxy) is 2. The van der Waals surface area contributed by atoms with Gasteiger partial charge in [-0.05, 0) is 37.8 Å². The van der Waals surface area contributed by atoms with Gasteiger partial charge in [0.05, 0.1) is 50.2 Å². The molecule has 3 N–H and O–H groups in total. The van der Waals surface area contributed by atoms with Gasteiger partial charge in [-0.2, -0.15) is 0 Å². The SMILES string of the molecule is COc1ccc(CN[C@]2(n3cncc3-c3cccc(C(N)=O)c3N3C=CN=CC3)CCCn3c(C4CC4)nnc32)c(OC)c1. The van der Waals surface area contributed by atoms with E-state index in [-0.39, 0.29) is 0 Å². The summed E-state index contributed by atoms with van der Waals surface area (Å²) in [7, 11) is 3.30. The zero-order valence-corrected chi connectivity index (χ0v) is 24.8. The Bertz CT molecular complexity index is 1770. The van der Waals surface area contributed by atoms with Crippen molar-refractivity contribution in [3.8, 4) is 22.8 Å². The quantitative estimate of drug-likeness (QED) is 0.283. The molecule has 1 fully saturated rings. The minimum atomic E-state index is -0.797. The van der Waals surface area contributed by atoms with Crippen LogP contribution in [0.5, 0.6) is 11.5 Å². The maximum atomic E-state index is 12.7. The number of amides is 1. The van der Waals surface area contributed by atoms with Crippen molar-refractivity contribution in [2.24, 2.45) is 10.7 Å². The second kappa shape index (κ2) is 11.3. The van der Waals surface area contributed by atoms with E-state index >= 15 is 0 Å². The van der Waals surface area contributed by atoms with Crippen LogP contribution in [0, 0.1) is 0 Å². The van der Waals surface area contributed by atoms with Crippen molar-refractivity contribution in [3.63, 3.8) is 0 Å². The number of hydrogen-bond donors (Lipinski definition) is 2. The topological polar surface area (TPSA) is 138 Å². The van der Waals surface area contributed by atoms with Crippen molar-refractivity contribution in [2.75, 3.05) is 25.7 Å². The molecule has 7 rings (SSSR count). The fourth-order valence-electron chi connectivity index (χ4n) is 6.41. The van der Waals surface area contributed by atoms with Gasteiger partial charge in [0.1, 0.15) is 17.3 Å². The standard InChI is InChI=1S/C32H35N9O3/c1-43-23-10-9-22(27(17-23)44-2)18-36-32(11-4-14-40-30(21-7-8-21)37-38-31(32)40)41-20-35-19-26(41)24-5-3-6-25(29(33)42)28(24)39-15-12-34-13-16-39/h3,5-6,9-10,12-13,15,17,19-21,36H,4,7-8,11,14,16,18H2,1-2H3,(H2,33,42)/t32-/m0/s1. The number of para-hydroxylation sites is 1. The summed E-state index contributed by atoms with van der Waals surface area (Å²) < 4.78 is 15.6. The summed E-state index contributed by atoms with van der Waals surface area (Å²) in [6.07, 6.45) is 13.0. The lowest BCUT2D eigenvalue weighted by molar-refractivity contribution is 0.100. The molecule has 4 aromatic rings. The predicted octanol–water partition coefficient (Wildman–Crippen LogP) is 3.78. The maximum absolute atomic E-state index is 12.7. The first-order valence-electron chi connectivity index (χ1n) is 14.8. The minimum Gasteiger partial charge on any atom is -0.497 e. The molecule has 1 atom stereocenters. The van der Waals surface area contributed by atoms with Crippen LogP contribution in [0.25, 0.3) is 11.3 Å². The van der Waals surface area contributed by atoms with Crippen LogP contribution in [0.1, 0.15) is 59.2 Å². The second-order valence-corrected chi connectivity index (χ2v) is 11.3. The number of hydrogen-bond acceptors (Lipinski definition) is 9. The molecule has 2 aliphatic heterocycles. The zero-order valence-electron chi connectivity index (χ0n) is 24.8. The molecule has 44 heavy (non-hydrogen) atoms. The summed E-state index contributed by atoms with van der Waals surface area (Å²) in [6.45, 7) is 1.84. The van der Waals surface area contributed by atoms with E-state index in [1.54, 1.807) is 32.7 Å². The molecule has 12 heteroatoms. The smallest absolute Gasteiger partial charge is 0.250 e. The second-order valence-electron chi connectivity index (χ2n) is 11.3. The lowest BCUT2D eigenvalue weighted by Crippen LogP contribution is -2.52. The molecule has 3 aliphatic rings. The number of anilines is 1. The van der Waals surface area contributed by atoms with Crippen LogP contribution in [-0.4, -0.2) is 57.2 Å². The molecule has 0 unspecified atom stereocenters. The average Bonchev–Trinajstić information content (AvgIpc) is 3.60. The third kappa shape index (κ3) is 4.71. The molecule has 0 radical (unpaired) electrons. The van der Waals surface area contributed by atoms with Crippen LogP contribution >= 0.6 is 0 Å². The molecule has 12 nitrogen and oxygen atoms in total. The largest absolute Gasteiger partial charge is 0.497 e. The highest BCUT2D eigenvalue weighted by Gasteiger charge is 2.45. The summed E-state index contributed by atoms with van der Waals surface area (Å²) >= 11 is 0. The summed E-state index contributed by atoms with van der Waals surface area (Å²) in [6, 6.07) is 11.4. The number of nitrogens with one attached hydrogen (secondary N) is 1. The molecular weight excluding hydrogens is 558 g/mol. The third-order valence-corrected chi connectivity index (χ3v) is 8.71. The number of carbonyl (C=O) groups is 1. The van der Waals surface area contributed by atoms with E-state index in [1.165, 1.54) is 0 Å². The third-order valence-electron chi connectivity index (χ3n) is 8.71. The first-order valence-corrected chi connectivity index (χ1v) is 14.8. The van der Waals surface area contributed by atoms with Crippen LogP contribution in [0.3, 0.4) is 0 Å². The highest BCUT2D eigenvalue weighted by molar-refractivity contribution is 6.03. The van der Waals surface area contributed by atoms with Crippen molar-refractivity contribution < 1.29 is 14.3 Å². The molecule has 1 aliphatic carbocycles. The molecule has 4 heterocycles. The molecule has 0 spiro atoms. The first-order chi connectivity index (χ1) is 21.5. The van der Waals surface area contributed by atoms with Crippen LogP contribution in [-0.2, 0) is 18.8 Å². The van der Waals surface area contributed by atoms with Crippen molar-refractivity contribution in [1.82, 2.24) is 29.6 Å². The highest BCUT2D eigenvalue weighted by Crippen LogP contribution is 2.44. The normalized spacial score (nSPS) is 19.2. The first kappa shape index (κ1) is 27.8. The van der Waals surface area contributed by atoms with Crippen molar-refractivity contribution in [1.29, 1.82) is 0 Å². The summed E-state index contributed by atoms with van der Waals surface area (Å²) in [5.74, 6) is 3.28. The Kier molecular flexibility index (Phi) is 7.13. The van der Waals surface area contributed by atoms with Gasteiger partial charge in [-0.1, -0.05) is 18.2 Å². The zero-order chi connectivity index (χ0) is 30.3. The van der Waals surface area contributed by atoms with Gasteiger partial charge in [-0.25, -0.2) is 4.98 Å². The lowest BCUT2D eigenvalue weighted by Gasteiger charge is -2.40. The Morgan fingerprint density at radius 1 is 1.16 bits per heavy atom. The number of methoxy groups -OCH3 is 2. The number of aliphatic imine (C=N–C) groups is 1. The number of nitrogens with zero attached hydrogens (tertiary/aromatic N) is 7. The van der Waals surface area contributed by atoms with Gasteiger partial charge in [0.2, 0.25) is 0 Å². The molecule has 2 aromatic carbocycles. The van der Waals surface area contributed by atoms with Gasteiger partial charge in [0, 0.05) is 54.8 Å². The van der Waals surface area contributed by atoms with Gasteiger partial charge in [0.25, 0.3) is 5.91 Å². The average molecular weight is 594 g/mol. The van der Waals surface area contributed by atoms with E-state index in [9.17, 15) is 4.79 Å². The Morgan fingerprint density at radius 2 is 2.05 bits per heavy atom. The van der Waals surface area contributed by atoms with E-state index < -0.39 is 11.6 Å². The van der Waals surface area contributed by atoms with Crippen molar-refractivity contribution in [2.45, 2.75) is 50.4 Å². The van der Waals surface area contributed by atoms with Crippen LogP contribution in [0.2, 0.25) is 0 Å². The van der Waals surface area contributed by atoms with E-state index in [0.29, 0.717) is 30.3 Å². The van der Waals surface area contributed by atoms with Crippen molar-refractivity contribution >= 4 is 17.8 Å². The molecule has 1 saturated carbocycles. The Hall–Kier alpha value is -4.97. The Balaban J connectivity index is 1.39. The summed E-state index contributed by atoms with van der Waals surface area (Å²) in [4.78, 5) is 23.6. The van der Waals surface area contributed by atoms with Crippen LogP contribution in [0.4, 0.5) is 5.69 Å². The van der Waals surface area contributed by atoms with Gasteiger partial charge >= 0.3 is 0 Å². The van der Waals surface area contributed by atoms with Gasteiger partial charge < -0.3 is 29.2 Å². The fourth-order valence-corrected chi connectivity index (χ4v) is 6.41. The van der Waals surface area contributed by atoms with Gasteiger partial charge in [-0.15, -0.1) is 10.2 Å². The predicted molar refractivity (Wildman–Crippen MR) is 166 cm³/mol. The molecule has 0 saturated heterocycles. The number of rotatable bonds is 10.